The molecule has 2 aliphatic carbocycles. The molecule has 5 rings (SSSR count). The van der Waals surface area contributed by atoms with Crippen molar-refractivity contribution < 1.29 is 28.5 Å². The third-order valence-electron chi connectivity index (χ3n) is 7.67. The van der Waals surface area contributed by atoms with Gasteiger partial charge in [0.25, 0.3) is 0 Å². The molecule has 0 bridgehead atoms. The second-order valence-corrected chi connectivity index (χ2v) is 9.59. The predicted molar refractivity (Wildman–Crippen MR) is 135 cm³/mol. The Bertz CT molecular complexity index is 1170. The van der Waals surface area contributed by atoms with Crippen molar-refractivity contribution in [1.82, 2.24) is 0 Å². The minimum atomic E-state index is -0.403. The lowest BCUT2D eigenvalue weighted by atomic mass is 9.62. The Balaban J connectivity index is 1.51. The Kier molecular flexibility index (Phi) is 7.01. The van der Waals surface area contributed by atoms with Crippen LogP contribution in [0.15, 0.2) is 53.6 Å². The topological polar surface area (TPSA) is 83.1 Å². The van der Waals surface area contributed by atoms with Gasteiger partial charge < -0.3 is 24.3 Å². The zero-order valence-corrected chi connectivity index (χ0v) is 21.0. The van der Waals surface area contributed by atoms with Crippen molar-refractivity contribution in [3.8, 4) is 11.5 Å². The van der Waals surface area contributed by atoms with Crippen LogP contribution in [0.5, 0.6) is 11.5 Å². The lowest BCUT2D eigenvalue weighted by Gasteiger charge is -2.43. The van der Waals surface area contributed by atoms with E-state index in [9.17, 15) is 9.59 Å². The van der Waals surface area contributed by atoms with Gasteiger partial charge in [0.05, 0.1) is 39.6 Å². The van der Waals surface area contributed by atoms with E-state index in [1.54, 1.807) is 21.1 Å². The van der Waals surface area contributed by atoms with Gasteiger partial charge in [-0.2, -0.15) is 0 Å². The molecule has 2 aromatic carbocycles. The molecule has 1 N–H and O–H groups in total. The number of methoxy groups -OCH3 is 2. The number of nitrogens with one attached hydrogen (secondary N) is 1. The number of ether oxygens (including phenoxy) is 4. The van der Waals surface area contributed by atoms with Crippen LogP contribution in [0, 0.1) is 11.8 Å². The van der Waals surface area contributed by atoms with Crippen molar-refractivity contribution in [2.45, 2.75) is 44.8 Å². The van der Waals surface area contributed by atoms with Crippen LogP contribution in [0.3, 0.4) is 0 Å². The summed E-state index contributed by atoms with van der Waals surface area (Å²) >= 11 is 0. The first-order chi connectivity index (χ1) is 17.5. The minimum absolute atomic E-state index is 0.0330. The molecule has 190 valence electrons. The molecule has 0 saturated heterocycles. The van der Waals surface area contributed by atoms with Crippen LogP contribution < -0.4 is 14.8 Å². The zero-order chi connectivity index (χ0) is 25.2. The maximum Gasteiger partial charge on any atom is 0.334 e. The smallest absolute Gasteiger partial charge is 0.334 e. The second kappa shape index (κ2) is 10.3. The summed E-state index contributed by atoms with van der Waals surface area (Å²) in [5, 5.41) is 3.67. The SMILES string of the molecule is CCOC(=O)C1=C2C(=O)CCC[C@@H]2[C@H]2c3cc(OC)ccc3N[C@H]2[C@@H]1COCc1ccc(OC)cc1. The van der Waals surface area contributed by atoms with E-state index in [1.807, 2.05) is 36.4 Å². The quantitative estimate of drug-likeness (QED) is 0.538. The van der Waals surface area contributed by atoms with Gasteiger partial charge in [0.2, 0.25) is 0 Å². The number of carbonyl (C=O) groups is 2. The van der Waals surface area contributed by atoms with Crippen molar-refractivity contribution in [3.05, 3.63) is 64.7 Å². The number of benzene rings is 2. The number of hydrogen-bond donors (Lipinski definition) is 1. The number of Topliss-reactive ketones (excluding diaryl/α,β-unsaturated/α-hetero) is 1. The van der Waals surface area contributed by atoms with Crippen molar-refractivity contribution in [3.63, 3.8) is 0 Å². The number of esters is 1. The first kappa shape index (κ1) is 24.4. The highest BCUT2D eigenvalue weighted by Gasteiger charge is 2.53. The van der Waals surface area contributed by atoms with Crippen LogP contribution in [-0.4, -0.2) is 45.2 Å². The molecular formula is C29H33NO6. The third-order valence-corrected chi connectivity index (χ3v) is 7.67. The average Bonchev–Trinajstić information content (AvgIpc) is 3.28. The van der Waals surface area contributed by atoms with Crippen LogP contribution in [0.25, 0.3) is 0 Å². The highest BCUT2D eigenvalue weighted by molar-refractivity contribution is 6.06. The van der Waals surface area contributed by atoms with Gasteiger partial charge in [-0.1, -0.05) is 12.1 Å². The van der Waals surface area contributed by atoms with E-state index in [1.165, 1.54) is 0 Å². The maximum absolute atomic E-state index is 13.3. The fraction of sp³-hybridized carbons (Fsp3) is 0.448. The molecule has 7 heteroatoms. The highest BCUT2D eigenvalue weighted by atomic mass is 16.5. The van der Waals surface area contributed by atoms with Crippen LogP contribution >= 0.6 is 0 Å². The summed E-state index contributed by atoms with van der Waals surface area (Å²) in [6.45, 7) is 2.73. The average molecular weight is 492 g/mol. The van der Waals surface area contributed by atoms with Gasteiger partial charge in [0.1, 0.15) is 11.5 Å². The fourth-order valence-corrected chi connectivity index (χ4v) is 6.10. The van der Waals surface area contributed by atoms with Gasteiger partial charge in [-0.3, -0.25) is 4.79 Å². The monoisotopic (exact) mass is 491 g/mol. The standard InChI is InChI=1S/C29H33NO6/c1-4-36-29(32)27-22(16-35-15-17-8-10-18(33-2)11-9-17)28-25(20-6-5-7-24(31)26(20)27)21-14-19(34-3)12-13-23(21)30-28/h8-14,20,22,25,28,30H,4-7,15-16H2,1-3H3/t20-,22-,25+,28+/m1/s1. The summed E-state index contributed by atoms with van der Waals surface area (Å²) < 4.78 is 22.4. The Morgan fingerprint density at radius 3 is 2.53 bits per heavy atom. The number of allylic oxidation sites excluding steroid dienone is 1. The molecular weight excluding hydrogens is 458 g/mol. The van der Waals surface area contributed by atoms with Crippen LogP contribution in [0.1, 0.15) is 43.2 Å². The Morgan fingerprint density at radius 2 is 1.81 bits per heavy atom. The molecule has 1 saturated carbocycles. The largest absolute Gasteiger partial charge is 0.497 e. The van der Waals surface area contributed by atoms with Crippen molar-refractivity contribution in [1.29, 1.82) is 0 Å². The van der Waals surface area contributed by atoms with Crippen LogP contribution in [-0.2, 0) is 25.7 Å². The summed E-state index contributed by atoms with van der Waals surface area (Å²) in [7, 11) is 3.30. The second-order valence-electron chi connectivity index (χ2n) is 9.59. The van der Waals surface area contributed by atoms with E-state index in [-0.39, 0.29) is 36.2 Å². The number of rotatable bonds is 8. The van der Waals surface area contributed by atoms with E-state index in [4.69, 9.17) is 18.9 Å². The fourth-order valence-electron chi connectivity index (χ4n) is 6.10. The van der Waals surface area contributed by atoms with Gasteiger partial charge in [0, 0.05) is 35.6 Å². The molecule has 0 spiro atoms. The molecule has 2 aromatic rings. The Labute approximate surface area is 211 Å². The zero-order valence-electron chi connectivity index (χ0n) is 21.0. The van der Waals surface area contributed by atoms with E-state index in [0.717, 1.165) is 41.2 Å². The molecule has 7 nitrogen and oxygen atoms in total. The summed E-state index contributed by atoms with van der Waals surface area (Å²) in [5.74, 6) is 0.931. The van der Waals surface area contributed by atoms with Gasteiger partial charge in [-0.05, 0) is 67.1 Å². The lowest BCUT2D eigenvalue weighted by molar-refractivity contribution is -0.140. The molecule has 1 fully saturated rings. The van der Waals surface area contributed by atoms with Crippen molar-refractivity contribution in [2.75, 3.05) is 32.8 Å². The number of anilines is 1. The number of hydrogen-bond acceptors (Lipinski definition) is 7. The summed E-state index contributed by atoms with van der Waals surface area (Å²) in [6, 6.07) is 13.7. The van der Waals surface area contributed by atoms with Gasteiger partial charge in [0.15, 0.2) is 5.78 Å². The van der Waals surface area contributed by atoms with Gasteiger partial charge >= 0.3 is 5.97 Å². The third kappa shape index (κ3) is 4.37. The molecule has 3 aliphatic rings. The van der Waals surface area contributed by atoms with Gasteiger partial charge in [-0.25, -0.2) is 4.79 Å². The highest BCUT2D eigenvalue weighted by Crippen LogP contribution is 2.55. The molecule has 0 unspecified atom stereocenters. The van der Waals surface area contributed by atoms with E-state index < -0.39 is 5.97 Å². The Morgan fingerprint density at radius 1 is 1.06 bits per heavy atom. The van der Waals surface area contributed by atoms with Crippen LogP contribution in [0.2, 0.25) is 0 Å². The molecule has 4 atom stereocenters. The summed E-state index contributed by atoms with van der Waals surface area (Å²) in [6.07, 6.45) is 2.15. The molecule has 36 heavy (non-hydrogen) atoms. The molecule has 0 aromatic heterocycles. The predicted octanol–water partition coefficient (Wildman–Crippen LogP) is 4.66. The van der Waals surface area contributed by atoms with Crippen LogP contribution in [0.4, 0.5) is 5.69 Å². The molecule has 1 heterocycles. The maximum atomic E-state index is 13.3. The van der Waals surface area contributed by atoms with Crippen molar-refractivity contribution in [2.24, 2.45) is 11.8 Å². The van der Waals surface area contributed by atoms with E-state index in [2.05, 4.69) is 11.4 Å². The molecule has 0 amide bonds. The first-order valence-electron chi connectivity index (χ1n) is 12.6. The summed E-state index contributed by atoms with van der Waals surface area (Å²) in [5.41, 5.74) is 4.31. The van der Waals surface area contributed by atoms with E-state index in [0.29, 0.717) is 30.8 Å². The number of ketones is 1. The summed E-state index contributed by atoms with van der Waals surface area (Å²) in [4.78, 5) is 26.6. The minimum Gasteiger partial charge on any atom is -0.497 e. The molecule has 1 aliphatic heterocycles. The Hall–Kier alpha value is -3.32. The van der Waals surface area contributed by atoms with Gasteiger partial charge in [-0.15, -0.1) is 0 Å². The normalized spacial score (nSPS) is 24.4. The lowest BCUT2D eigenvalue weighted by Crippen LogP contribution is -2.47. The number of carbonyl (C=O) groups excluding carboxylic acids is 2. The van der Waals surface area contributed by atoms with E-state index >= 15 is 0 Å². The first-order valence-corrected chi connectivity index (χ1v) is 12.6. The number of fused-ring (bicyclic) bond motifs is 5. The van der Waals surface area contributed by atoms with Crippen molar-refractivity contribution >= 4 is 17.4 Å². The molecule has 0 radical (unpaired) electrons.